The molecule has 2 aromatic carbocycles. The number of nitrogens with zero attached hydrogens (tertiary/aromatic N) is 1. The summed E-state index contributed by atoms with van der Waals surface area (Å²) in [7, 11) is 4.03. The van der Waals surface area contributed by atoms with Crippen LogP contribution in [0.25, 0.3) is 11.0 Å². The van der Waals surface area contributed by atoms with Gasteiger partial charge in [0.1, 0.15) is 5.58 Å². The highest BCUT2D eigenvalue weighted by Crippen LogP contribution is 2.29. The number of fused-ring (bicyclic) bond motifs is 1. The summed E-state index contributed by atoms with van der Waals surface area (Å²) in [6, 6.07) is 13.2. The van der Waals surface area contributed by atoms with Crippen molar-refractivity contribution in [1.82, 2.24) is 10.2 Å². The number of rotatable bonds is 6. The van der Waals surface area contributed by atoms with Gasteiger partial charge in [-0.2, -0.15) is 0 Å². The van der Waals surface area contributed by atoms with E-state index in [0.29, 0.717) is 16.4 Å². The van der Waals surface area contributed by atoms with E-state index in [9.17, 15) is 4.79 Å². The number of hydrogen-bond donors (Lipinski definition) is 1. The highest BCUT2D eigenvalue weighted by atomic mass is 79.9. The van der Waals surface area contributed by atoms with Gasteiger partial charge in [-0.1, -0.05) is 39.7 Å². The summed E-state index contributed by atoms with van der Waals surface area (Å²) in [4.78, 5) is 15.1. The van der Waals surface area contributed by atoms with Crippen molar-refractivity contribution in [3.8, 4) is 0 Å². The Morgan fingerprint density at radius 3 is 2.59 bits per heavy atom. The van der Waals surface area contributed by atoms with Crippen LogP contribution >= 0.6 is 27.5 Å². The molecule has 0 radical (unpaired) electrons. The summed E-state index contributed by atoms with van der Waals surface area (Å²) in [5.41, 5.74) is 2.56. The molecule has 0 aliphatic carbocycles. The van der Waals surface area contributed by atoms with Crippen LogP contribution in [0.1, 0.15) is 34.1 Å². The fourth-order valence-electron chi connectivity index (χ4n) is 3.04. The Labute approximate surface area is 172 Å². The van der Waals surface area contributed by atoms with E-state index in [1.165, 1.54) is 0 Å². The van der Waals surface area contributed by atoms with Crippen molar-refractivity contribution in [2.75, 3.05) is 20.6 Å². The van der Waals surface area contributed by atoms with Gasteiger partial charge in [-0.15, -0.1) is 0 Å². The summed E-state index contributed by atoms with van der Waals surface area (Å²) in [5.74, 6) is 0.144. The van der Waals surface area contributed by atoms with Gasteiger partial charge >= 0.3 is 0 Å². The highest BCUT2D eigenvalue weighted by Gasteiger charge is 2.22. The van der Waals surface area contributed by atoms with Gasteiger partial charge in [-0.05, 0) is 69.9 Å². The van der Waals surface area contributed by atoms with Crippen LogP contribution < -0.4 is 5.32 Å². The quantitative estimate of drug-likeness (QED) is 0.534. The molecule has 0 bridgehead atoms. The molecule has 0 saturated heterocycles. The first kappa shape index (κ1) is 19.9. The first-order valence-electron chi connectivity index (χ1n) is 8.75. The third-order valence-corrected chi connectivity index (χ3v) is 5.29. The maximum absolute atomic E-state index is 13.0. The third kappa shape index (κ3) is 4.72. The van der Waals surface area contributed by atoms with Crippen LogP contribution in [0.5, 0.6) is 0 Å². The SMILES string of the molecule is Cc1c(C(=O)NC(CCN(C)C)c2ccc(Cl)cc2)oc2ccc(Br)cc12. The molecule has 0 aliphatic heterocycles. The minimum atomic E-state index is -0.210. The van der Waals surface area contributed by atoms with E-state index in [-0.39, 0.29) is 11.9 Å². The lowest BCUT2D eigenvalue weighted by Gasteiger charge is -2.21. The normalized spacial score (nSPS) is 12.5. The average molecular weight is 450 g/mol. The molecule has 3 rings (SSSR count). The molecule has 1 N–H and O–H groups in total. The summed E-state index contributed by atoms with van der Waals surface area (Å²) >= 11 is 9.48. The van der Waals surface area contributed by atoms with Gasteiger partial charge in [0, 0.05) is 20.4 Å². The van der Waals surface area contributed by atoms with Crippen molar-refractivity contribution in [3.63, 3.8) is 0 Å². The van der Waals surface area contributed by atoms with E-state index in [4.69, 9.17) is 16.0 Å². The Bertz CT molecular complexity index is 951. The fourth-order valence-corrected chi connectivity index (χ4v) is 3.53. The van der Waals surface area contributed by atoms with Crippen molar-refractivity contribution in [1.29, 1.82) is 0 Å². The molecule has 4 nitrogen and oxygen atoms in total. The van der Waals surface area contributed by atoms with Crippen LogP contribution in [-0.4, -0.2) is 31.4 Å². The van der Waals surface area contributed by atoms with Crippen molar-refractivity contribution < 1.29 is 9.21 Å². The molecular weight excluding hydrogens is 428 g/mol. The predicted octanol–water partition coefficient (Wildman–Crippen LogP) is 5.58. The van der Waals surface area contributed by atoms with Crippen LogP contribution in [-0.2, 0) is 0 Å². The van der Waals surface area contributed by atoms with Gasteiger partial charge in [-0.25, -0.2) is 0 Å². The molecule has 0 fully saturated rings. The van der Waals surface area contributed by atoms with Crippen molar-refractivity contribution >= 4 is 44.4 Å². The molecule has 6 heteroatoms. The number of carbonyl (C=O) groups excluding carboxylic acids is 1. The van der Waals surface area contributed by atoms with Crippen LogP contribution in [0.15, 0.2) is 51.4 Å². The maximum atomic E-state index is 13.0. The third-order valence-electron chi connectivity index (χ3n) is 4.55. The summed E-state index contributed by atoms with van der Waals surface area (Å²) in [6.07, 6.45) is 0.783. The Kier molecular flexibility index (Phi) is 6.25. The number of amides is 1. The lowest BCUT2D eigenvalue weighted by molar-refractivity contribution is 0.0906. The second kappa shape index (κ2) is 8.46. The molecule has 1 aromatic heterocycles. The van der Waals surface area contributed by atoms with Gasteiger partial charge in [-0.3, -0.25) is 4.79 Å². The van der Waals surface area contributed by atoms with Crippen LogP contribution in [0.2, 0.25) is 5.02 Å². The van der Waals surface area contributed by atoms with Gasteiger partial charge in [0.25, 0.3) is 5.91 Å². The molecule has 1 atom stereocenters. The van der Waals surface area contributed by atoms with E-state index in [0.717, 1.165) is 34.0 Å². The van der Waals surface area contributed by atoms with E-state index in [1.807, 2.05) is 63.5 Å². The number of nitrogens with one attached hydrogen (secondary N) is 1. The highest BCUT2D eigenvalue weighted by molar-refractivity contribution is 9.10. The average Bonchev–Trinajstić information content (AvgIpc) is 2.95. The summed E-state index contributed by atoms with van der Waals surface area (Å²) < 4.78 is 6.79. The number of hydrogen-bond acceptors (Lipinski definition) is 3. The van der Waals surface area contributed by atoms with Crippen molar-refractivity contribution in [2.45, 2.75) is 19.4 Å². The monoisotopic (exact) mass is 448 g/mol. The molecule has 0 aliphatic rings. The first-order valence-corrected chi connectivity index (χ1v) is 9.92. The van der Waals surface area contributed by atoms with E-state index in [1.54, 1.807) is 0 Å². The van der Waals surface area contributed by atoms with Crippen LogP contribution in [0, 0.1) is 6.92 Å². The standard InChI is InChI=1S/C21H22BrClN2O2/c1-13-17-12-15(22)6-9-19(17)27-20(13)21(26)24-18(10-11-25(2)3)14-4-7-16(23)8-5-14/h4-9,12,18H,10-11H2,1-3H3,(H,24,26). The van der Waals surface area contributed by atoms with Gasteiger partial charge in [0.05, 0.1) is 6.04 Å². The van der Waals surface area contributed by atoms with E-state index >= 15 is 0 Å². The zero-order chi connectivity index (χ0) is 19.6. The zero-order valence-corrected chi connectivity index (χ0v) is 17.9. The fraction of sp³-hybridized carbons (Fsp3) is 0.286. The lowest BCUT2D eigenvalue weighted by Crippen LogP contribution is -2.31. The Hall–Kier alpha value is -1.82. The topological polar surface area (TPSA) is 45.5 Å². The molecule has 0 spiro atoms. The van der Waals surface area contributed by atoms with E-state index in [2.05, 4.69) is 26.1 Å². The molecular formula is C21H22BrClN2O2. The van der Waals surface area contributed by atoms with Crippen molar-refractivity contribution in [2.24, 2.45) is 0 Å². The van der Waals surface area contributed by atoms with Gasteiger partial charge < -0.3 is 14.6 Å². The Balaban J connectivity index is 1.87. The van der Waals surface area contributed by atoms with Crippen LogP contribution in [0.4, 0.5) is 0 Å². The number of benzene rings is 2. The molecule has 3 aromatic rings. The molecule has 1 amide bonds. The number of halogens is 2. The van der Waals surface area contributed by atoms with Gasteiger partial charge in [0.15, 0.2) is 5.76 Å². The molecule has 142 valence electrons. The Morgan fingerprint density at radius 1 is 1.22 bits per heavy atom. The summed E-state index contributed by atoms with van der Waals surface area (Å²) in [6.45, 7) is 2.75. The first-order chi connectivity index (χ1) is 12.8. The predicted molar refractivity (Wildman–Crippen MR) is 113 cm³/mol. The lowest BCUT2D eigenvalue weighted by atomic mass is 10.0. The van der Waals surface area contributed by atoms with Crippen LogP contribution in [0.3, 0.4) is 0 Å². The van der Waals surface area contributed by atoms with Gasteiger partial charge in [0.2, 0.25) is 0 Å². The molecule has 1 unspecified atom stereocenters. The maximum Gasteiger partial charge on any atom is 0.287 e. The number of aryl methyl sites for hydroxylation is 1. The second-order valence-corrected chi connectivity index (χ2v) is 8.22. The second-order valence-electron chi connectivity index (χ2n) is 6.87. The molecule has 27 heavy (non-hydrogen) atoms. The molecule has 1 heterocycles. The number of carbonyl (C=O) groups is 1. The molecule has 0 saturated carbocycles. The minimum absolute atomic E-state index is 0.128. The Morgan fingerprint density at radius 2 is 1.93 bits per heavy atom. The smallest absolute Gasteiger partial charge is 0.287 e. The number of furan rings is 1. The minimum Gasteiger partial charge on any atom is -0.451 e. The largest absolute Gasteiger partial charge is 0.451 e. The zero-order valence-electron chi connectivity index (χ0n) is 15.6. The van der Waals surface area contributed by atoms with Crippen molar-refractivity contribution in [3.05, 3.63) is 68.8 Å². The summed E-state index contributed by atoms with van der Waals surface area (Å²) in [5, 5.41) is 4.74. The van der Waals surface area contributed by atoms with E-state index < -0.39 is 0 Å².